The number of hydrogen-bond donors (Lipinski definition) is 1. The number of aliphatic imine (C=N–C) groups is 1. The van der Waals surface area contributed by atoms with E-state index in [1.54, 1.807) is 47.6 Å². The molecule has 1 N–H and O–H groups in total. The summed E-state index contributed by atoms with van der Waals surface area (Å²) in [6.07, 6.45) is -0.203. The highest BCUT2D eigenvalue weighted by atomic mass is 79.9. The molecule has 7 nitrogen and oxygen atoms in total. The van der Waals surface area contributed by atoms with Gasteiger partial charge in [0.1, 0.15) is 27.3 Å². The van der Waals surface area contributed by atoms with Gasteiger partial charge in [0.15, 0.2) is 0 Å². The molecule has 11 heteroatoms. The van der Waals surface area contributed by atoms with Crippen LogP contribution in [0.2, 0.25) is 18.1 Å². The third-order valence-corrected chi connectivity index (χ3v) is 16.9. The number of nitrogens with zero attached hydrogens (tertiary/aromatic N) is 3. The molecule has 0 aliphatic carbocycles. The van der Waals surface area contributed by atoms with Crippen LogP contribution >= 0.6 is 15.9 Å². The summed E-state index contributed by atoms with van der Waals surface area (Å²) in [6, 6.07) is 4.43. The van der Waals surface area contributed by atoms with E-state index in [1.807, 2.05) is 0 Å². The van der Waals surface area contributed by atoms with Gasteiger partial charge in [0.25, 0.3) is 0 Å². The molecule has 1 aromatic rings. The highest BCUT2D eigenvalue weighted by molar-refractivity contribution is 9.10. The van der Waals surface area contributed by atoms with Crippen LogP contribution in [0.5, 0.6) is 0 Å². The summed E-state index contributed by atoms with van der Waals surface area (Å²) in [5.41, 5.74) is -1.60. The topological polar surface area (TPSA) is 101 Å². The number of pyridine rings is 1. The molecule has 37 heavy (non-hydrogen) atoms. The van der Waals surface area contributed by atoms with Crippen molar-refractivity contribution in [3.8, 4) is 0 Å². The fourth-order valence-electron chi connectivity index (χ4n) is 5.06. The Morgan fingerprint density at radius 2 is 1.81 bits per heavy atom. The Morgan fingerprint density at radius 3 is 2.30 bits per heavy atom. The van der Waals surface area contributed by atoms with Crippen LogP contribution in [-0.4, -0.2) is 63.3 Å². The molecule has 0 amide bonds. The van der Waals surface area contributed by atoms with Crippen LogP contribution in [0.15, 0.2) is 20.0 Å². The van der Waals surface area contributed by atoms with Gasteiger partial charge < -0.3 is 9.84 Å². The van der Waals surface area contributed by atoms with Gasteiger partial charge >= 0.3 is 5.97 Å². The maximum Gasteiger partial charge on any atom is 0.312 e. The summed E-state index contributed by atoms with van der Waals surface area (Å²) < 4.78 is 40.3. The van der Waals surface area contributed by atoms with Gasteiger partial charge in [-0.2, -0.15) is 0 Å². The van der Waals surface area contributed by atoms with Crippen LogP contribution < -0.4 is 5.19 Å². The zero-order valence-electron chi connectivity index (χ0n) is 23.7. The molecule has 1 aromatic heterocycles. The number of aromatic nitrogens is 1. The molecular weight excluding hydrogens is 577 g/mol. The van der Waals surface area contributed by atoms with Crippen molar-refractivity contribution in [1.29, 1.82) is 0 Å². The molecule has 1 aliphatic heterocycles. The third-order valence-electron chi connectivity index (χ3n) is 7.52. The molecule has 0 radical (unpaired) electrons. The normalized spacial score (nSPS) is 23.9. The minimum absolute atomic E-state index is 0.0325. The predicted octanol–water partition coefficient (Wildman–Crippen LogP) is 5.34. The van der Waals surface area contributed by atoms with Crippen molar-refractivity contribution in [3.63, 3.8) is 0 Å². The lowest BCUT2D eigenvalue weighted by Gasteiger charge is -2.42. The van der Waals surface area contributed by atoms with Crippen molar-refractivity contribution in [1.82, 2.24) is 4.98 Å². The Hall–Kier alpha value is -1.17. The smallest absolute Gasteiger partial charge is 0.312 e. The van der Waals surface area contributed by atoms with Crippen molar-refractivity contribution in [2.45, 2.75) is 103 Å². The van der Waals surface area contributed by atoms with Crippen LogP contribution in [0.25, 0.3) is 0 Å². The molecule has 0 unspecified atom stereocenters. The lowest BCUT2D eigenvalue weighted by atomic mass is 9.95. The molecule has 2 rings (SSSR count). The first kappa shape index (κ1) is 32.0. The number of carbonyl (C=O) groups is 1. The fraction of sp³-hybridized carbons (Fsp3) is 0.731. The van der Waals surface area contributed by atoms with E-state index >= 15 is 4.39 Å². The molecule has 0 saturated heterocycles. The van der Waals surface area contributed by atoms with Crippen LogP contribution in [0.1, 0.15) is 74.4 Å². The molecule has 0 aromatic carbocycles. The Kier molecular flexibility index (Phi) is 9.97. The molecule has 0 saturated carbocycles. The Balaban J connectivity index is 2.86. The summed E-state index contributed by atoms with van der Waals surface area (Å²) in [6.45, 7) is 16.5. The first-order valence-corrected chi connectivity index (χ1v) is 18.0. The standard InChI is InChI=1S/C26H43BrFN3O4SSi/c1-10-37(11-2,12-3)18-15-20(27)30-23(22(18)28)26(9)17-36(34,29-13-14-32)25(7,8)19(31-26)16-21(33)35-24(4,5)6/h15,32H,10-14,16-17H2,1-9H3/t26-,36+/m0/s1. The number of halogens is 2. The maximum absolute atomic E-state index is 16.5. The van der Waals surface area contributed by atoms with Gasteiger partial charge in [-0.3, -0.25) is 9.79 Å². The lowest BCUT2D eigenvalue weighted by Crippen LogP contribution is -2.54. The quantitative estimate of drug-likeness (QED) is 0.228. The van der Waals surface area contributed by atoms with E-state index in [0.717, 1.165) is 18.1 Å². The van der Waals surface area contributed by atoms with Crippen molar-refractivity contribution >= 4 is 50.6 Å². The molecule has 210 valence electrons. The second-order valence-electron chi connectivity index (χ2n) is 11.5. The molecule has 0 fully saturated rings. The second-order valence-corrected chi connectivity index (χ2v) is 20.3. The van der Waals surface area contributed by atoms with Gasteiger partial charge in [-0.15, -0.1) is 0 Å². The summed E-state index contributed by atoms with van der Waals surface area (Å²) in [5.74, 6) is -0.999. The largest absolute Gasteiger partial charge is 0.460 e. The molecule has 2 heterocycles. The van der Waals surface area contributed by atoms with E-state index < -0.39 is 45.5 Å². The summed E-state index contributed by atoms with van der Waals surface area (Å²) in [5, 5.41) is 10.1. The maximum atomic E-state index is 16.5. The average Bonchev–Trinajstić information content (AvgIpc) is 2.78. The van der Waals surface area contributed by atoms with Gasteiger partial charge in [0.2, 0.25) is 0 Å². The van der Waals surface area contributed by atoms with Crippen molar-refractivity contribution in [2.24, 2.45) is 9.36 Å². The minimum Gasteiger partial charge on any atom is -0.460 e. The van der Waals surface area contributed by atoms with Gasteiger partial charge in [-0.25, -0.2) is 17.9 Å². The molecule has 0 spiro atoms. The Bertz CT molecular complexity index is 1160. The first-order valence-electron chi connectivity index (χ1n) is 12.9. The van der Waals surface area contributed by atoms with Crippen molar-refractivity contribution in [3.05, 3.63) is 22.2 Å². The van der Waals surface area contributed by atoms with Gasteiger partial charge in [0, 0.05) is 5.71 Å². The highest BCUT2D eigenvalue weighted by Crippen LogP contribution is 2.41. The number of aliphatic hydroxyl groups excluding tert-OH is 1. The number of aliphatic hydroxyl groups is 1. The first-order chi connectivity index (χ1) is 16.9. The van der Waals surface area contributed by atoms with E-state index in [2.05, 4.69) is 46.0 Å². The van der Waals surface area contributed by atoms with Crippen LogP contribution in [0.4, 0.5) is 4.39 Å². The molecular formula is C26H43BrFN3O4SSi. The lowest BCUT2D eigenvalue weighted by molar-refractivity contribution is -0.153. The zero-order chi connectivity index (χ0) is 28.4. The van der Waals surface area contributed by atoms with Crippen LogP contribution in [-0.2, 0) is 24.8 Å². The monoisotopic (exact) mass is 619 g/mol. The Labute approximate surface area is 231 Å². The van der Waals surface area contributed by atoms with Crippen LogP contribution in [0, 0.1) is 5.82 Å². The van der Waals surface area contributed by atoms with E-state index in [0.29, 0.717) is 15.5 Å². The number of carbonyl (C=O) groups excluding carboxylic acids is 1. The second kappa shape index (κ2) is 11.5. The fourth-order valence-corrected chi connectivity index (χ4v) is 11.9. The van der Waals surface area contributed by atoms with Crippen molar-refractivity contribution in [2.75, 3.05) is 18.9 Å². The van der Waals surface area contributed by atoms with E-state index in [-0.39, 0.29) is 31.0 Å². The van der Waals surface area contributed by atoms with E-state index in [4.69, 9.17) is 9.73 Å². The van der Waals surface area contributed by atoms with Crippen LogP contribution in [0.3, 0.4) is 0 Å². The molecule has 0 bridgehead atoms. The third kappa shape index (κ3) is 6.53. The van der Waals surface area contributed by atoms with Gasteiger partial charge in [-0.1, -0.05) is 38.9 Å². The number of rotatable bonds is 9. The van der Waals surface area contributed by atoms with Gasteiger partial charge in [0.05, 0.1) is 47.9 Å². The minimum atomic E-state index is -3.10. The summed E-state index contributed by atoms with van der Waals surface area (Å²) in [4.78, 5) is 22.3. The summed E-state index contributed by atoms with van der Waals surface area (Å²) in [7, 11) is -5.25. The number of hydrogen-bond acceptors (Lipinski definition) is 7. The summed E-state index contributed by atoms with van der Waals surface area (Å²) >= 11 is 3.49. The molecule has 2 atom stereocenters. The van der Waals surface area contributed by atoms with E-state index in [1.165, 1.54) is 0 Å². The Morgan fingerprint density at radius 1 is 1.24 bits per heavy atom. The van der Waals surface area contributed by atoms with Crippen molar-refractivity contribution < 1.29 is 23.2 Å². The SMILES string of the molecule is CC[Si](CC)(CC)c1cc(Br)nc([C@]2(C)C[S@](=O)(=NCCO)C(C)(C)C(CC(=O)OC(C)(C)C)=N2)c1F. The van der Waals surface area contributed by atoms with E-state index in [9.17, 15) is 14.1 Å². The van der Waals surface area contributed by atoms with Gasteiger partial charge in [-0.05, 0) is 68.7 Å². The number of esters is 1. The zero-order valence-corrected chi connectivity index (χ0v) is 27.1. The predicted molar refractivity (Wildman–Crippen MR) is 155 cm³/mol. The highest BCUT2D eigenvalue weighted by Gasteiger charge is 2.50. The molecule has 1 aliphatic rings. The number of ether oxygens (including phenoxy) is 1. The average molecular weight is 621 g/mol.